The van der Waals surface area contributed by atoms with Crippen LogP contribution < -0.4 is 0 Å². The van der Waals surface area contributed by atoms with Gasteiger partial charge in [0.25, 0.3) is 11.6 Å². The van der Waals surface area contributed by atoms with Gasteiger partial charge in [-0.1, -0.05) is 11.6 Å². The molecule has 0 aliphatic carbocycles. The number of amides is 1. The summed E-state index contributed by atoms with van der Waals surface area (Å²) in [5, 5.41) is 19.5. The van der Waals surface area contributed by atoms with E-state index in [1.165, 1.54) is 17.0 Å². The van der Waals surface area contributed by atoms with E-state index in [1.807, 2.05) is 0 Å². The largest absolute Gasteiger partial charge is 0.395 e. The lowest BCUT2D eigenvalue weighted by Crippen LogP contribution is -2.33. The zero-order valence-corrected chi connectivity index (χ0v) is 10.6. The predicted octanol–water partition coefficient (Wildman–Crippen LogP) is 1.70. The highest BCUT2D eigenvalue weighted by Gasteiger charge is 2.19. The second-order valence-corrected chi connectivity index (χ2v) is 3.94. The molecule has 7 heteroatoms. The average Bonchev–Trinajstić information content (AvgIpc) is 2.35. The van der Waals surface area contributed by atoms with E-state index in [4.69, 9.17) is 16.7 Å². The van der Waals surface area contributed by atoms with Crippen LogP contribution in [0.25, 0.3) is 0 Å². The van der Waals surface area contributed by atoms with Crippen molar-refractivity contribution < 1.29 is 14.8 Å². The van der Waals surface area contributed by atoms with Gasteiger partial charge in [-0.2, -0.15) is 0 Å². The van der Waals surface area contributed by atoms with Crippen molar-refractivity contribution in [3.8, 4) is 0 Å². The summed E-state index contributed by atoms with van der Waals surface area (Å²) >= 11 is 5.66. The van der Waals surface area contributed by atoms with E-state index in [9.17, 15) is 14.9 Å². The molecule has 1 N–H and O–H groups in total. The number of nitro benzene ring substituents is 1. The molecular weight excluding hydrogens is 260 g/mol. The van der Waals surface area contributed by atoms with Crippen LogP contribution in [0.2, 0.25) is 5.02 Å². The average molecular weight is 273 g/mol. The summed E-state index contributed by atoms with van der Waals surface area (Å²) in [6.07, 6.45) is 0. The smallest absolute Gasteiger partial charge is 0.288 e. The highest BCUT2D eigenvalue weighted by molar-refractivity contribution is 6.32. The molecule has 6 nitrogen and oxygen atoms in total. The second-order valence-electron chi connectivity index (χ2n) is 3.53. The third kappa shape index (κ3) is 3.18. The van der Waals surface area contributed by atoms with E-state index < -0.39 is 4.92 Å². The van der Waals surface area contributed by atoms with Gasteiger partial charge in [-0.25, -0.2) is 0 Å². The number of likely N-dealkylation sites (N-methyl/N-ethyl adjacent to an activating group) is 1. The third-order valence-electron chi connectivity index (χ3n) is 2.43. The lowest BCUT2D eigenvalue weighted by atomic mass is 10.1. The van der Waals surface area contributed by atoms with Crippen LogP contribution in [0.15, 0.2) is 18.2 Å². The summed E-state index contributed by atoms with van der Waals surface area (Å²) < 4.78 is 0. The number of nitrogens with zero attached hydrogens (tertiary/aromatic N) is 2. The van der Waals surface area contributed by atoms with Crippen molar-refractivity contribution >= 4 is 23.2 Å². The summed E-state index contributed by atoms with van der Waals surface area (Å²) in [4.78, 5) is 23.5. The number of aliphatic hydroxyl groups excluding tert-OH is 1. The first-order valence-electron chi connectivity index (χ1n) is 5.35. The number of hydrogen-bond donors (Lipinski definition) is 1. The van der Waals surface area contributed by atoms with Crippen molar-refractivity contribution in [3.63, 3.8) is 0 Å². The Bertz CT molecular complexity index is 464. The van der Waals surface area contributed by atoms with Crippen LogP contribution in [0.3, 0.4) is 0 Å². The van der Waals surface area contributed by atoms with Gasteiger partial charge in [0.15, 0.2) is 0 Å². The molecule has 1 aromatic rings. The van der Waals surface area contributed by atoms with E-state index in [0.717, 1.165) is 6.07 Å². The minimum Gasteiger partial charge on any atom is -0.395 e. The number of rotatable bonds is 5. The molecule has 0 fully saturated rings. The fraction of sp³-hybridized carbons (Fsp3) is 0.364. The highest BCUT2D eigenvalue weighted by Crippen LogP contribution is 2.25. The number of halogens is 1. The first-order valence-corrected chi connectivity index (χ1v) is 5.73. The molecule has 0 aromatic heterocycles. The summed E-state index contributed by atoms with van der Waals surface area (Å²) in [5.41, 5.74) is -0.121. The van der Waals surface area contributed by atoms with Crippen LogP contribution in [-0.2, 0) is 0 Å². The van der Waals surface area contributed by atoms with E-state index in [2.05, 4.69) is 0 Å². The summed E-state index contributed by atoms with van der Waals surface area (Å²) in [7, 11) is 0. The maximum atomic E-state index is 12.0. The maximum absolute atomic E-state index is 12.0. The molecule has 0 saturated carbocycles. The van der Waals surface area contributed by atoms with Crippen LogP contribution in [0, 0.1) is 10.1 Å². The molecule has 0 heterocycles. The van der Waals surface area contributed by atoms with Gasteiger partial charge in [0.05, 0.1) is 11.5 Å². The van der Waals surface area contributed by atoms with E-state index in [1.54, 1.807) is 6.92 Å². The van der Waals surface area contributed by atoms with Crippen LogP contribution in [0.1, 0.15) is 17.3 Å². The zero-order chi connectivity index (χ0) is 13.7. The monoisotopic (exact) mass is 272 g/mol. The predicted molar refractivity (Wildman–Crippen MR) is 66.8 cm³/mol. The number of aliphatic hydroxyl groups is 1. The van der Waals surface area contributed by atoms with Crippen molar-refractivity contribution in [2.24, 2.45) is 0 Å². The van der Waals surface area contributed by atoms with Crippen molar-refractivity contribution in [2.75, 3.05) is 19.7 Å². The normalized spacial score (nSPS) is 10.2. The molecule has 1 aromatic carbocycles. The molecule has 1 rings (SSSR count). The molecule has 0 unspecified atom stereocenters. The molecule has 18 heavy (non-hydrogen) atoms. The van der Waals surface area contributed by atoms with E-state index in [-0.39, 0.29) is 35.3 Å². The Labute approximate surface area is 109 Å². The quantitative estimate of drug-likeness (QED) is 0.653. The molecule has 0 atom stereocenters. The first kappa shape index (κ1) is 14.4. The van der Waals surface area contributed by atoms with Gasteiger partial charge < -0.3 is 10.0 Å². The number of benzene rings is 1. The van der Waals surface area contributed by atoms with Crippen LogP contribution in [0.4, 0.5) is 5.69 Å². The van der Waals surface area contributed by atoms with Gasteiger partial charge in [0, 0.05) is 24.7 Å². The lowest BCUT2D eigenvalue weighted by molar-refractivity contribution is -0.384. The van der Waals surface area contributed by atoms with E-state index in [0.29, 0.717) is 6.54 Å². The third-order valence-corrected chi connectivity index (χ3v) is 2.75. The maximum Gasteiger partial charge on any atom is 0.288 e. The second kappa shape index (κ2) is 6.32. The minimum absolute atomic E-state index is 0.0123. The number of carbonyl (C=O) groups excluding carboxylic acids is 1. The first-order chi connectivity index (χ1) is 8.51. The summed E-state index contributed by atoms with van der Waals surface area (Å²) in [6, 6.07) is 3.89. The van der Waals surface area contributed by atoms with Gasteiger partial charge in [0.2, 0.25) is 0 Å². The Morgan fingerprint density at radius 1 is 1.56 bits per heavy atom. The molecule has 0 radical (unpaired) electrons. The number of nitro groups is 1. The van der Waals surface area contributed by atoms with Gasteiger partial charge >= 0.3 is 0 Å². The SMILES string of the molecule is CCN(CCO)C(=O)c1ccc(Cl)c([N+](=O)[O-])c1. The Balaban J connectivity index is 3.06. The molecule has 0 spiro atoms. The van der Waals surface area contributed by atoms with Gasteiger partial charge in [-0.15, -0.1) is 0 Å². The molecule has 0 aliphatic heterocycles. The highest BCUT2D eigenvalue weighted by atomic mass is 35.5. The van der Waals surface area contributed by atoms with Crippen LogP contribution >= 0.6 is 11.6 Å². The van der Waals surface area contributed by atoms with Gasteiger partial charge in [-0.05, 0) is 19.1 Å². The molecular formula is C11H13ClN2O4. The van der Waals surface area contributed by atoms with E-state index >= 15 is 0 Å². The molecule has 1 amide bonds. The lowest BCUT2D eigenvalue weighted by Gasteiger charge is -2.19. The van der Waals surface area contributed by atoms with Crippen LogP contribution in [0.5, 0.6) is 0 Å². The van der Waals surface area contributed by atoms with Crippen molar-refractivity contribution in [3.05, 3.63) is 38.9 Å². The topological polar surface area (TPSA) is 83.7 Å². The summed E-state index contributed by atoms with van der Waals surface area (Å²) in [5.74, 6) is -0.369. The van der Waals surface area contributed by atoms with Gasteiger partial charge in [0.1, 0.15) is 5.02 Å². The fourth-order valence-electron chi connectivity index (χ4n) is 1.49. The van der Waals surface area contributed by atoms with Crippen molar-refractivity contribution in [1.82, 2.24) is 4.90 Å². The van der Waals surface area contributed by atoms with Gasteiger partial charge in [-0.3, -0.25) is 14.9 Å². The fourth-order valence-corrected chi connectivity index (χ4v) is 1.68. The summed E-state index contributed by atoms with van der Waals surface area (Å²) in [6.45, 7) is 2.20. The Morgan fingerprint density at radius 3 is 2.72 bits per heavy atom. The molecule has 0 saturated heterocycles. The minimum atomic E-state index is -0.637. The zero-order valence-electron chi connectivity index (χ0n) is 9.80. The van der Waals surface area contributed by atoms with Crippen molar-refractivity contribution in [2.45, 2.75) is 6.92 Å². The molecule has 0 bridgehead atoms. The number of hydrogen-bond acceptors (Lipinski definition) is 4. The van der Waals surface area contributed by atoms with Crippen LogP contribution in [-0.4, -0.2) is 40.5 Å². The molecule has 0 aliphatic rings. The van der Waals surface area contributed by atoms with Crippen molar-refractivity contribution in [1.29, 1.82) is 0 Å². The Morgan fingerprint density at radius 2 is 2.22 bits per heavy atom. The number of carbonyl (C=O) groups is 1. The Hall–Kier alpha value is -1.66. The standard InChI is InChI=1S/C11H13ClN2O4/c1-2-13(5-6-15)11(16)8-3-4-9(12)10(7-8)14(17)18/h3-4,7,15H,2,5-6H2,1H3. The Kier molecular flexibility index (Phi) is 5.06. The molecule has 98 valence electrons.